The lowest BCUT2D eigenvalue weighted by molar-refractivity contribution is 0.0386. The highest BCUT2D eigenvalue weighted by Gasteiger charge is 2.26. The Labute approximate surface area is 139 Å². The third-order valence-corrected chi connectivity index (χ3v) is 3.29. The molecule has 1 amide bonds. The molecule has 0 bridgehead atoms. The molecule has 0 aliphatic heterocycles. The molecule has 1 unspecified atom stereocenters. The fourth-order valence-corrected chi connectivity index (χ4v) is 2.02. The Bertz CT molecular complexity index is 689. The molecular formula is C16H22N4O4. The van der Waals surface area contributed by atoms with Gasteiger partial charge in [-0.2, -0.15) is 0 Å². The zero-order chi connectivity index (χ0) is 17.6. The number of hydrogen-bond donors (Lipinski definition) is 4. The van der Waals surface area contributed by atoms with Gasteiger partial charge < -0.3 is 30.3 Å². The first kappa shape index (κ1) is 17.6. The summed E-state index contributed by atoms with van der Waals surface area (Å²) >= 11 is 0. The number of furan rings is 2. The Morgan fingerprint density at radius 1 is 1.38 bits per heavy atom. The van der Waals surface area contributed by atoms with Gasteiger partial charge in [0, 0.05) is 6.54 Å². The number of hydrogen-bond acceptors (Lipinski definition) is 5. The maximum Gasteiger partial charge on any atom is 0.284 e. The van der Waals surface area contributed by atoms with Gasteiger partial charge >= 0.3 is 0 Å². The van der Waals surface area contributed by atoms with Gasteiger partial charge in [0.25, 0.3) is 5.91 Å². The number of aliphatic imine (C=N–C) groups is 1. The zero-order valence-corrected chi connectivity index (χ0v) is 13.7. The van der Waals surface area contributed by atoms with Crippen LogP contribution in [0.15, 0.2) is 44.4 Å². The van der Waals surface area contributed by atoms with Crippen LogP contribution in [0.3, 0.4) is 0 Å². The molecule has 0 spiro atoms. The van der Waals surface area contributed by atoms with E-state index in [1.54, 1.807) is 25.1 Å². The van der Waals surface area contributed by atoms with Gasteiger partial charge in [-0.05, 0) is 38.1 Å². The quantitative estimate of drug-likeness (QED) is 0.441. The van der Waals surface area contributed by atoms with Crippen LogP contribution in [-0.2, 0) is 12.1 Å². The number of guanidine groups is 1. The predicted octanol–water partition coefficient (Wildman–Crippen LogP) is 0.934. The van der Waals surface area contributed by atoms with Gasteiger partial charge in [0.2, 0.25) is 0 Å². The molecule has 24 heavy (non-hydrogen) atoms. The van der Waals surface area contributed by atoms with E-state index in [9.17, 15) is 9.90 Å². The number of primary amides is 1. The van der Waals surface area contributed by atoms with E-state index in [1.807, 2.05) is 6.92 Å². The Kier molecular flexibility index (Phi) is 5.64. The van der Waals surface area contributed by atoms with E-state index in [2.05, 4.69) is 15.6 Å². The third-order valence-electron chi connectivity index (χ3n) is 3.29. The summed E-state index contributed by atoms with van der Waals surface area (Å²) in [6.07, 6.45) is 1.51. The Morgan fingerprint density at radius 3 is 2.75 bits per heavy atom. The number of carbonyl (C=O) groups excluding carboxylic acids is 1. The maximum absolute atomic E-state index is 11.0. The van der Waals surface area contributed by atoms with Crippen LogP contribution >= 0.6 is 0 Å². The van der Waals surface area contributed by atoms with E-state index < -0.39 is 11.5 Å². The molecule has 8 nitrogen and oxygen atoms in total. The highest BCUT2D eigenvalue weighted by molar-refractivity contribution is 5.89. The van der Waals surface area contributed by atoms with Gasteiger partial charge in [-0.25, -0.2) is 4.99 Å². The SMILES string of the molecule is CCNC(=NCc1ccc(C(N)=O)o1)NCC(C)(O)c1ccco1. The summed E-state index contributed by atoms with van der Waals surface area (Å²) in [7, 11) is 0. The van der Waals surface area contributed by atoms with Crippen LogP contribution in [0, 0.1) is 0 Å². The minimum absolute atomic E-state index is 0.0962. The highest BCUT2D eigenvalue weighted by atomic mass is 16.4. The van der Waals surface area contributed by atoms with Crippen molar-refractivity contribution in [2.75, 3.05) is 13.1 Å². The Balaban J connectivity index is 1.98. The molecule has 2 aromatic heterocycles. The summed E-state index contributed by atoms with van der Waals surface area (Å²) in [6, 6.07) is 6.58. The predicted molar refractivity (Wildman–Crippen MR) is 88.3 cm³/mol. The summed E-state index contributed by atoms with van der Waals surface area (Å²) in [4.78, 5) is 15.4. The van der Waals surface area contributed by atoms with Crippen molar-refractivity contribution in [1.29, 1.82) is 0 Å². The largest absolute Gasteiger partial charge is 0.466 e. The van der Waals surface area contributed by atoms with Gasteiger partial charge in [0.1, 0.15) is 23.7 Å². The standard InChI is InChI=1S/C16H22N4O4/c1-3-18-15(19-9-11-6-7-12(24-11)14(17)21)20-10-16(2,22)13-5-4-8-23-13/h4-8,22H,3,9-10H2,1-2H3,(H2,17,21)(H2,18,19,20). The van der Waals surface area contributed by atoms with Gasteiger partial charge in [0.15, 0.2) is 11.7 Å². The summed E-state index contributed by atoms with van der Waals surface area (Å²) in [5.74, 6) is 0.951. The second kappa shape index (κ2) is 7.69. The second-order valence-corrected chi connectivity index (χ2v) is 5.43. The van der Waals surface area contributed by atoms with Gasteiger partial charge in [-0.3, -0.25) is 4.79 Å². The van der Waals surface area contributed by atoms with Crippen LogP contribution in [0.25, 0.3) is 0 Å². The van der Waals surface area contributed by atoms with Crippen molar-refractivity contribution in [3.63, 3.8) is 0 Å². The van der Waals surface area contributed by atoms with Crippen molar-refractivity contribution in [3.05, 3.63) is 47.8 Å². The first-order valence-electron chi connectivity index (χ1n) is 7.59. The van der Waals surface area contributed by atoms with Crippen molar-refractivity contribution >= 4 is 11.9 Å². The lowest BCUT2D eigenvalue weighted by Crippen LogP contribution is -2.44. The van der Waals surface area contributed by atoms with Crippen LogP contribution in [0.4, 0.5) is 0 Å². The first-order chi connectivity index (χ1) is 11.4. The molecule has 0 aliphatic rings. The second-order valence-electron chi connectivity index (χ2n) is 5.43. The van der Waals surface area contributed by atoms with Gasteiger partial charge in [-0.15, -0.1) is 0 Å². The van der Waals surface area contributed by atoms with Crippen molar-refractivity contribution in [1.82, 2.24) is 10.6 Å². The molecule has 2 rings (SSSR count). The summed E-state index contributed by atoms with van der Waals surface area (Å²) in [6.45, 7) is 4.66. The molecule has 0 aliphatic carbocycles. The van der Waals surface area contributed by atoms with Crippen LogP contribution in [0.2, 0.25) is 0 Å². The average Bonchev–Trinajstić information content (AvgIpc) is 3.21. The Hall–Kier alpha value is -2.74. The van der Waals surface area contributed by atoms with Gasteiger partial charge in [-0.1, -0.05) is 0 Å². The normalized spacial score (nSPS) is 14.2. The zero-order valence-electron chi connectivity index (χ0n) is 13.7. The minimum Gasteiger partial charge on any atom is -0.466 e. The number of nitrogens with zero attached hydrogens (tertiary/aromatic N) is 1. The fourth-order valence-electron chi connectivity index (χ4n) is 2.02. The number of amides is 1. The van der Waals surface area contributed by atoms with E-state index in [-0.39, 0.29) is 18.8 Å². The molecule has 0 saturated heterocycles. The van der Waals surface area contributed by atoms with Crippen molar-refractivity contribution in [3.8, 4) is 0 Å². The molecule has 0 radical (unpaired) electrons. The van der Waals surface area contributed by atoms with Crippen LogP contribution in [-0.4, -0.2) is 30.1 Å². The van der Waals surface area contributed by atoms with E-state index in [0.29, 0.717) is 24.0 Å². The van der Waals surface area contributed by atoms with E-state index in [0.717, 1.165) is 0 Å². The first-order valence-corrected chi connectivity index (χ1v) is 7.59. The van der Waals surface area contributed by atoms with E-state index in [1.165, 1.54) is 12.3 Å². The number of rotatable bonds is 7. The van der Waals surface area contributed by atoms with Crippen LogP contribution in [0.1, 0.15) is 35.9 Å². The fraction of sp³-hybridized carbons (Fsp3) is 0.375. The maximum atomic E-state index is 11.0. The molecule has 0 aromatic carbocycles. The van der Waals surface area contributed by atoms with Crippen molar-refractivity contribution < 1.29 is 18.7 Å². The highest BCUT2D eigenvalue weighted by Crippen LogP contribution is 2.19. The Morgan fingerprint density at radius 2 is 2.17 bits per heavy atom. The summed E-state index contributed by atoms with van der Waals surface area (Å²) < 4.78 is 10.5. The third kappa shape index (κ3) is 4.63. The lowest BCUT2D eigenvalue weighted by Gasteiger charge is -2.22. The van der Waals surface area contributed by atoms with Gasteiger partial charge in [0.05, 0.1) is 12.8 Å². The number of carbonyl (C=O) groups is 1. The number of nitrogens with one attached hydrogen (secondary N) is 2. The van der Waals surface area contributed by atoms with E-state index >= 15 is 0 Å². The minimum atomic E-state index is -1.18. The van der Waals surface area contributed by atoms with Crippen molar-refractivity contribution in [2.45, 2.75) is 26.0 Å². The molecule has 130 valence electrons. The molecule has 5 N–H and O–H groups in total. The van der Waals surface area contributed by atoms with Crippen molar-refractivity contribution in [2.24, 2.45) is 10.7 Å². The molecule has 1 atom stereocenters. The molecular weight excluding hydrogens is 312 g/mol. The van der Waals surface area contributed by atoms with E-state index in [4.69, 9.17) is 14.6 Å². The molecule has 8 heteroatoms. The average molecular weight is 334 g/mol. The summed E-state index contributed by atoms with van der Waals surface area (Å²) in [5.41, 5.74) is 3.97. The lowest BCUT2D eigenvalue weighted by atomic mass is 10.0. The van der Waals surface area contributed by atoms with Crippen LogP contribution < -0.4 is 16.4 Å². The smallest absolute Gasteiger partial charge is 0.284 e. The molecule has 0 fully saturated rings. The number of nitrogens with two attached hydrogens (primary N) is 1. The van der Waals surface area contributed by atoms with Crippen LogP contribution in [0.5, 0.6) is 0 Å². The molecule has 2 heterocycles. The topological polar surface area (TPSA) is 126 Å². The molecule has 2 aromatic rings. The molecule has 0 saturated carbocycles. The summed E-state index contributed by atoms with van der Waals surface area (Å²) in [5, 5.41) is 16.5. The number of aliphatic hydroxyl groups is 1. The monoisotopic (exact) mass is 334 g/mol.